The highest BCUT2D eigenvalue weighted by Crippen LogP contribution is 2.34. The van der Waals surface area contributed by atoms with E-state index in [-0.39, 0.29) is 29.9 Å². The summed E-state index contributed by atoms with van der Waals surface area (Å²) < 4.78 is 19.1. The number of carboxylic acid groups (broad SMARTS) is 1. The number of carbonyl (C=O) groups is 2. The molecule has 34 heavy (non-hydrogen) atoms. The van der Waals surface area contributed by atoms with Gasteiger partial charge in [-0.25, -0.2) is 4.79 Å². The number of carbonyl (C=O) groups excluding carboxylic acids is 1. The van der Waals surface area contributed by atoms with E-state index in [2.05, 4.69) is 14.8 Å². The van der Waals surface area contributed by atoms with Crippen molar-refractivity contribution in [1.29, 1.82) is 5.26 Å². The summed E-state index contributed by atoms with van der Waals surface area (Å²) >= 11 is 1.03. The number of hydrogen-bond acceptors (Lipinski definition) is 8. The second-order valence-electron chi connectivity index (χ2n) is 7.51. The minimum Gasteiger partial charge on any atom is -0.478 e. The lowest BCUT2D eigenvalue weighted by molar-refractivity contribution is -0.130. The molecule has 0 aliphatic carbocycles. The van der Waals surface area contributed by atoms with Gasteiger partial charge in [0.25, 0.3) is 0 Å². The lowest BCUT2D eigenvalue weighted by atomic mass is 9.89. The summed E-state index contributed by atoms with van der Waals surface area (Å²) in [6.45, 7) is 0.0585. The molecule has 0 unspecified atom stereocenters. The number of carboxylic acids is 1. The molecule has 1 aliphatic rings. The van der Waals surface area contributed by atoms with E-state index in [9.17, 15) is 14.7 Å². The fraction of sp³-hybridized carbons (Fsp3) is 0.0800. The molecule has 0 spiro atoms. The Balaban J connectivity index is 1.67. The fourth-order valence-electron chi connectivity index (χ4n) is 3.76. The molecule has 1 N–H and O–H groups in total. The van der Waals surface area contributed by atoms with Gasteiger partial charge in [0.2, 0.25) is 6.79 Å². The quantitative estimate of drug-likeness (QED) is 0.328. The van der Waals surface area contributed by atoms with Crippen molar-refractivity contribution in [3.63, 3.8) is 0 Å². The fourth-order valence-corrected chi connectivity index (χ4v) is 4.28. The van der Waals surface area contributed by atoms with E-state index in [1.165, 1.54) is 0 Å². The lowest BCUT2D eigenvalue weighted by Gasteiger charge is -2.13. The number of fused-ring (bicyclic) bond motifs is 2. The monoisotopic (exact) mass is 469 g/mol. The Bertz CT molecular complexity index is 1520. The smallest absolute Gasteiger partial charge is 0.336 e. The topological polar surface area (TPSA) is 122 Å². The van der Waals surface area contributed by atoms with Crippen LogP contribution in [0.3, 0.4) is 0 Å². The van der Waals surface area contributed by atoms with E-state index < -0.39 is 11.8 Å². The molecule has 0 atom stereocenters. The molecule has 0 bridgehead atoms. The number of aliphatic carboxylic acids is 1. The largest absolute Gasteiger partial charge is 0.478 e. The Morgan fingerprint density at radius 3 is 2.44 bits per heavy atom. The van der Waals surface area contributed by atoms with Gasteiger partial charge in [-0.15, -0.1) is 0 Å². The number of benzene rings is 3. The normalized spacial score (nSPS) is 12.8. The molecule has 0 fully saturated rings. The van der Waals surface area contributed by atoms with Crippen LogP contribution in [-0.2, 0) is 11.2 Å². The zero-order valence-corrected chi connectivity index (χ0v) is 18.3. The molecule has 4 aromatic rings. The minimum absolute atomic E-state index is 0.0496. The summed E-state index contributed by atoms with van der Waals surface area (Å²) in [5, 5.41) is 19.3. The van der Waals surface area contributed by atoms with E-state index in [1.54, 1.807) is 60.7 Å². The maximum Gasteiger partial charge on any atom is 0.336 e. The van der Waals surface area contributed by atoms with Crippen molar-refractivity contribution < 1.29 is 24.2 Å². The third-order valence-corrected chi connectivity index (χ3v) is 5.99. The highest BCUT2D eigenvalue weighted by Gasteiger charge is 2.26. The Kier molecular flexibility index (Phi) is 5.49. The molecular weight excluding hydrogens is 454 g/mol. The van der Waals surface area contributed by atoms with E-state index in [0.717, 1.165) is 11.7 Å². The number of allylic oxidation sites excluding steroid dienone is 1. The molecule has 0 radical (unpaired) electrons. The molecule has 1 aromatic heterocycles. The molecule has 9 heteroatoms. The van der Waals surface area contributed by atoms with Crippen molar-refractivity contribution in [1.82, 2.24) is 8.75 Å². The average Bonchev–Trinajstić information content (AvgIpc) is 3.52. The predicted octanol–water partition coefficient (Wildman–Crippen LogP) is 4.26. The summed E-state index contributed by atoms with van der Waals surface area (Å²) in [6, 6.07) is 18.4. The number of Topliss-reactive ketones (excluding diaryl/α,β-unsaturated/α-hetero) is 1. The maximum atomic E-state index is 13.7. The van der Waals surface area contributed by atoms with Crippen LogP contribution in [0.15, 0.2) is 66.2 Å². The average molecular weight is 469 g/mol. The first-order chi connectivity index (χ1) is 16.5. The number of aromatic nitrogens is 2. The van der Waals surface area contributed by atoms with Gasteiger partial charge in [0.1, 0.15) is 11.0 Å². The molecule has 8 nitrogen and oxygen atoms in total. The van der Waals surface area contributed by atoms with Gasteiger partial charge in [-0.2, -0.15) is 14.0 Å². The third-order valence-electron chi connectivity index (χ3n) is 5.43. The first-order valence-electron chi connectivity index (χ1n) is 10.2. The molecule has 3 aromatic carbocycles. The zero-order chi connectivity index (χ0) is 23.7. The number of ether oxygens (including phenoxy) is 2. The Labute approximate surface area is 197 Å². The molecular formula is C25H15N3O5S. The van der Waals surface area contributed by atoms with Crippen molar-refractivity contribution in [2.75, 3.05) is 6.79 Å². The summed E-state index contributed by atoms with van der Waals surface area (Å²) in [4.78, 5) is 26.2. The van der Waals surface area contributed by atoms with Crippen LogP contribution >= 0.6 is 11.7 Å². The van der Waals surface area contributed by atoms with Gasteiger partial charge in [0.15, 0.2) is 17.3 Å². The maximum absolute atomic E-state index is 13.7. The zero-order valence-electron chi connectivity index (χ0n) is 17.5. The number of nitrogens with zero attached hydrogens (tertiary/aromatic N) is 3. The van der Waals surface area contributed by atoms with Crippen LogP contribution in [0.4, 0.5) is 0 Å². The molecule has 1 aliphatic heterocycles. The summed E-state index contributed by atoms with van der Waals surface area (Å²) in [6.07, 6.45) is 0.0496. The minimum atomic E-state index is -1.24. The first kappa shape index (κ1) is 21.3. The second-order valence-corrected chi connectivity index (χ2v) is 8.04. The van der Waals surface area contributed by atoms with Crippen LogP contribution < -0.4 is 9.47 Å². The number of rotatable bonds is 6. The van der Waals surface area contributed by atoms with E-state index in [0.29, 0.717) is 39.2 Å². The van der Waals surface area contributed by atoms with Gasteiger partial charge in [-0.1, -0.05) is 18.2 Å². The van der Waals surface area contributed by atoms with Crippen LogP contribution in [0, 0.1) is 11.3 Å². The van der Waals surface area contributed by atoms with Crippen LogP contribution in [0.1, 0.15) is 27.0 Å². The van der Waals surface area contributed by atoms with Gasteiger partial charge in [0.05, 0.1) is 28.9 Å². The van der Waals surface area contributed by atoms with Crippen molar-refractivity contribution in [2.45, 2.75) is 6.42 Å². The Hall–Kier alpha value is -4.55. The van der Waals surface area contributed by atoms with Gasteiger partial charge >= 0.3 is 5.97 Å². The molecule has 2 heterocycles. The van der Waals surface area contributed by atoms with Crippen molar-refractivity contribution in [3.05, 3.63) is 88.5 Å². The first-order valence-corrected chi connectivity index (χ1v) is 10.9. The standard InChI is InChI=1S/C25H15N3O5S/c26-12-15-3-1-14(2-4-15)9-18(24(29)17-6-8-21-22(11-17)33-13-32-21)23(25(30)31)16-5-7-19-20(10-16)28-34-27-19/h1-8,10-11H,9,13H2,(H,30,31). The van der Waals surface area contributed by atoms with Gasteiger partial charge in [0, 0.05) is 17.6 Å². The third kappa shape index (κ3) is 3.98. The molecule has 0 saturated heterocycles. The highest BCUT2D eigenvalue weighted by atomic mass is 32.1. The van der Waals surface area contributed by atoms with Crippen LogP contribution in [0.25, 0.3) is 16.6 Å². The van der Waals surface area contributed by atoms with Crippen LogP contribution in [0.2, 0.25) is 0 Å². The van der Waals surface area contributed by atoms with E-state index in [1.807, 2.05) is 0 Å². The van der Waals surface area contributed by atoms with Crippen molar-refractivity contribution in [2.24, 2.45) is 0 Å². The lowest BCUT2D eigenvalue weighted by Crippen LogP contribution is -2.14. The summed E-state index contributed by atoms with van der Waals surface area (Å²) in [5.74, 6) is -0.735. The van der Waals surface area contributed by atoms with Crippen LogP contribution in [-0.4, -0.2) is 32.4 Å². The Morgan fingerprint density at radius 2 is 1.68 bits per heavy atom. The van der Waals surface area contributed by atoms with E-state index >= 15 is 0 Å². The van der Waals surface area contributed by atoms with Gasteiger partial charge in [-0.05, 0) is 53.6 Å². The van der Waals surface area contributed by atoms with Gasteiger partial charge in [-0.3, -0.25) is 4.79 Å². The highest BCUT2D eigenvalue weighted by molar-refractivity contribution is 7.00. The number of nitriles is 1. The van der Waals surface area contributed by atoms with Crippen molar-refractivity contribution in [3.8, 4) is 17.6 Å². The molecule has 5 rings (SSSR count). The summed E-state index contributed by atoms with van der Waals surface area (Å²) in [5.41, 5.74) is 2.97. The van der Waals surface area contributed by atoms with Crippen LogP contribution in [0.5, 0.6) is 11.5 Å². The molecule has 0 saturated carbocycles. The van der Waals surface area contributed by atoms with Crippen molar-refractivity contribution >= 4 is 40.1 Å². The van der Waals surface area contributed by atoms with E-state index in [4.69, 9.17) is 14.7 Å². The molecule has 0 amide bonds. The SMILES string of the molecule is N#Cc1ccc(CC(C(=O)c2ccc3c(c2)OCO3)=C(C(=O)O)c2ccc3nsnc3c2)cc1. The van der Waals surface area contributed by atoms with Gasteiger partial charge < -0.3 is 14.6 Å². The summed E-state index contributed by atoms with van der Waals surface area (Å²) in [7, 11) is 0. The Morgan fingerprint density at radius 1 is 0.941 bits per heavy atom. The second kappa shape index (κ2) is 8.77. The number of hydrogen-bond donors (Lipinski definition) is 1. The number of ketones is 1. The predicted molar refractivity (Wildman–Crippen MR) is 124 cm³/mol. The molecule has 166 valence electrons.